The number of aryl methyl sites for hydroxylation is 1. The van der Waals surface area contributed by atoms with Crippen molar-refractivity contribution in [1.82, 2.24) is 5.32 Å². The molecule has 110 valence electrons. The quantitative estimate of drug-likeness (QED) is 0.855. The van der Waals surface area contributed by atoms with E-state index in [9.17, 15) is 0 Å². The third-order valence-corrected chi connectivity index (χ3v) is 4.22. The Hall–Kier alpha value is -1.80. The molecule has 1 atom stereocenters. The normalized spacial score (nSPS) is 15.7. The summed E-state index contributed by atoms with van der Waals surface area (Å²) in [5.41, 5.74) is 4.03. The van der Waals surface area contributed by atoms with Crippen LogP contribution in [-0.4, -0.2) is 7.11 Å². The molecule has 2 heteroatoms. The standard InChI is InChI=1S/C19H23NO/c1-14-3-5-15(6-4-14)13-20-19(16-7-8-16)17-9-11-18(21-2)12-10-17/h3-6,9-12,16,19-20H,7-8,13H2,1-2H3. The van der Waals surface area contributed by atoms with E-state index in [1.165, 1.54) is 29.5 Å². The van der Waals surface area contributed by atoms with E-state index < -0.39 is 0 Å². The number of benzene rings is 2. The van der Waals surface area contributed by atoms with Gasteiger partial charge in [0.15, 0.2) is 0 Å². The van der Waals surface area contributed by atoms with E-state index in [1.54, 1.807) is 7.11 Å². The molecule has 0 aliphatic heterocycles. The number of ether oxygens (including phenoxy) is 1. The first kappa shape index (κ1) is 14.2. The topological polar surface area (TPSA) is 21.3 Å². The fraction of sp³-hybridized carbons (Fsp3) is 0.368. The summed E-state index contributed by atoms with van der Waals surface area (Å²) in [5.74, 6) is 1.70. The molecular weight excluding hydrogens is 258 g/mol. The van der Waals surface area contributed by atoms with Gasteiger partial charge >= 0.3 is 0 Å². The summed E-state index contributed by atoms with van der Waals surface area (Å²) >= 11 is 0. The van der Waals surface area contributed by atoms with Gasteiger partial charge in [0.25, 0.3) is 0 Å². The van der Waals surface area contributed by atoms with Crippen LogP contribution in [0.2, 0.25) is 0 Å². The van der Waals surface area contributed by atoms with Gasteiger partial charge in [0.05, 0.1) is 7.11 Å². The lowest BCUT2D eigenvalue weighted by Crippen LogP contribution is -2.22. The van der Waals surface area contributed by atoms with Crippen molar-refractivity contribution in [2.75, 3.05) is 7.11 Å². The fourth-order valence-corrected chi connectivity index (χ4v) is 2.73. The molecule has 1 saturated carbocycles. The molecule has 3 rings (SSSR count). The number of rotatable bonds is 6. The average Bonchev–Trinajstić information content (AvgIpc) is 3.35. The minimum absolute atomic E-state index is 0.456. The molecule has 2 nitrogen and oxygen atoms in total. The van der Waals surface area contributed by atoms with Crippen molar-refractivity contribution in [1.29, 1.82) is 0 Å². The van der Waals surface area contributed by atoms with Crippen LogP contribution in [0.1, 0.15) is 35.6 Å². The minimum atomic E-state index is 0.456. The van der Waals surface area contributed by atoms with Crippen molar-refractivity contribution in [2.24, 2.45) is 5.92 Å². The van der Waals surface area contributed by atoms with Gasteiger partial charge < -0.3 is 10.1 Å². The zero-order valence-corrected chi connectivity index (χ0v) is 12.8. The lowest BCUT2D eigenvalue weighted by atomic mass is 10.0. The Morgan fingerprint density at radius 2 is 1.71 bits per heavy atom. The Morgan fingerprint density at radius 1 is 1.05 bits per heavy atom. The van der Waals surface area contributed by atoms with Crippen LogP contribution in [0.4, 0.5) is 0 Å². The lowest BCUT2D eigenvalue weighted by Gasteiger charge is -2.19. The van der Waals surface area contributed by atoms with Crippen molar-refractivity contribution < 1.29 is 4.74 Å². The second kappa shape index (κ2) is 6.31. The molecule has 2 aromatic carbocycles. The first-order valence-electron chi connectivity index (χ1n) is 7.69. The van der Waals surface area contributed by atoms with E-state index in [0.29, 0.717) is 6.04 Å². The van der Waals surface area contributed by atoms with Gasteiger partial charge in [-0.25, -0.2) is 0 Å². The van der Waals surface area contributed by atoms with Crippen LogP contribution in [0.5, 0.6) is 5.75 Å². The maximum atomic E-state index is 5.25. The predicted octanol–water partition coefficient (Wildman–Crippen LogP) is 4.24. The van der Waals surface area contributed by atoms with E-state index in [0.717, 1.165) is 18.2 Å². The molecule has 2 aromatic rings. The molecule has 1 N–H and O–H groups in total. The molecule has 1 fully saturated rings. The van der Waals surface area contributed by atoms with Gasteiger partial charge in [0, 0.05) is 12.6 Å². The Kier molecular flexibility index (Phi) is 4.26. The average molecular weight is 281 g/mol. The van der Waals surface area contributed by atoms with Crippen molar-refractivity contribution in [2.45, 2.75) is 32.4 Å². The summed E-state index contributed by atoms with van der Waals surface area (Å²) < 4.78 is 5.25. The maximum absolute atomic E-state index is 5.25. The highest BCUT2D eigenvalue weighted by atomic mass is 16.5. The molecule has 0 spiro atoms. The number of nitrogens with one attached hydrogen (secondary N) is 1. The van der Waals surface area contributed by atoms with Crippen molar-refractivity contribution >= 4 is 0 Å². The first-order valence-corrected chi connectivity index (χ1v) is 7.69. The zero-order chi connectivity index (χ0) is 14.7. The zero-order valence-electron chi connectivity index (χ0n) is 12.8. The Bertz CT molecular complexity index is 570. The van der Waals surface area contributed by atoms with Gasteiger partial charge in [0.1, 0.15) is 5.75 Å². The molecule has 0 amide bonds. The Morgan fingerprint density at radius 3 is 2.29 bits per heavy atom. The highest BCUT2D eigenvalue weighted by molar-refractivity contribution is 5.30. The van der Waals surface area contributed by atoms with Crippen molar-refractivity contribution in [3.63, 3.8) is 0 Å². The first-order chi connectivity index (χ1) is 10.3. The smallest absolute Gasteiger partial charge is 0.118 e. The lowest BCUT2D eigenvalue weighted by molar-refractivity contribution is 0.413. The van der Waals surface area contributed by atoms with Crippen LogP contribution in [-0.2, 0) is 6.54 Å². The molecule has 1 aliphatic rings. The summed E-state index contributed by atoms with van der Waals surface area (Å²) in [6, 6.07) is 17.7. The molecule has 21 heavy (non-hydrogen) atoms. The van der Waals surface area contributed by atoms with Gasteiger partial charge in [-0.3, -0.25) is 0 Å². The van der Waals surface area contributed by atoms with Crippen LogP contribution in [0.3, 0.4) is 0 Å². The predicted molar refractivity (Wildman–Crippen MR) is 86.5 cm³/mol. The molecule has 0 radical (unpaired) electrons. The number of hydrogen-bond acceptors (Lipinski definition) is 2. The van der Waals surface area contributed by atoms with Crippen LogP contribution >= 0.6 is 0 Å². The van der Waals surface area contributed by atoms with Crippen LogP contribution in [0, 0.1) is 12.8 Å². The SMILES string of the molecule is COc1ccc(C(NCc2ccc(C)cc2)C2CC2)cc1. The number of methoxy groups -OCH3 is 1. The highest BCUT2D eigenvalue weighted by Crippen LogP contribution is 2.41. The summed E-state index contributed by atoms with van der Waals surface area (Å²) in [6.45, 7) is 3.05. The summed E-state index contributed by atoms with van der Waals surface area (Å²) in [6.07, 6.45) is 2.66. The van der Waals surface area contributed by atoms with Gasteiger partial charge in [-0.1, -0.05) is 42.0 Å². The van der Waals surface area contributed by atoms with E-state index in [4.69, 9.17) is 4.74 Å². The molecular formula is C19H23NO. The van der Waals surface area contributed by atoms with Crippen LogP contribution in [0.15, 0.2) is 48.5 Å². The molecule has 1 aliphatic carbocycles. The third kappa shape index (κ3) is 3.64. The Labute approximate surface area is 127 Å². The van der Waals surface area contributed by atoms with E-state index in [2.05, 4.69) is 60.8 Å². The summed E-state index contributed by atoms with van der Waals surface area (Å²) in [7, 11) is 1.71. The van der Waals surface area contributed by atoms with Gasteiger partial charge in [-0.15, -0.1) is 0 Å². The molecule has 0 heterocycles. The summed E-state index contributed by atoms with van der Waals surface area (Å²) in [4.78, 5) is 0. The second-order valence-electron chi connectivity index (χ2n) is 5.95. The molecule has 1 unspecified atom stereocenters. The van der Waals surface area contributed by atoms with Gasteiger partial charge in [0.2, 0.25) is 0 Å². The number of hydrogen-bond donors (Lipinski definition) is 1. The molecule has 0 saturated heterocycles. The second-order valence-corrected chi connectivity index (χ2v) is 5.95. The molecule has 0 bridgehead atoms. The monoisotopic (exact) mass is 281 g/mol. The van der Waals surface area contributed by atoms with Crippen molar-refractivity contribution in [3.05, 3.63) is 65.2 Å². The van der Waals surface area contributed by atoms with E-state index >= 15 is 0 Å². The Balaban J connectivity index is 1.68. The minimum Gasteiger partial charge on any atom is -0.497 e. The van der Waals surface area contributed by atoms with Gasteiger partial charge in [-0.2, -0.15) is 0 Å². The van der Waals surface area contributed by atoms with Crippen LogP contribution in [0.25, 0.3) is 0 Å². The summed E-state index contributed by atoms with van der Waals surface area (Å²) in [5, 5.41) is 3.73. The maximum Gasteiger partial charge on any atom is 0.118 e. The highest BCUT2D eigenvalue weighted by Gasteiger charge is 2.31. The molecule has 0 aromatic heterocycles. The fourth-order valence-electron chi connectivity index (χ4n) is 2.73. The largest absolute Gasteiger partial charge is 0.497 e. The third-order valence-electron chi connectivity index (χ3n) is 4.22. The van der Waals surface area contributed by atoms with Crippen molar-refractivity contribution in [3.8, 4) is 5.75 Å². The van der Waals surface area contributed by atoms with Gasteiger partial charge in [-0.05, 0) is 48.9 Å². The van der Waals surface area contributed by atoms with Crippen LogP contribution < -0.4 is 10.1 Å². The van der Waals surface area contributed by atoms with E-state index in [1.807, 2.05) is 0 Å². The van der Waals surface area contributed by atoms with E-state index in [-0.39, 0.29) is 0 Å².